The Morgan fingerprint density at radius 1 is 1.06 bits per heavy atom. The molecule has 2 aliphatic heterocycles. The second kappa shape index (κ2) is 14.0. The Kier molecular flexibility index (Phi) is 10.2. The first-order chi connectivity index (χ1) is 24.4. The van der Waals surface area contributed by atoms with Gasteiger partial charge in [0.25, 0.3) is 5.91 Å². The molecule has 2 heterocycles. The van der Waals surface area contributed by atoms with Crippen LogP contribution in [0.4, 0.5) is 22.8 Å². The Labute approximate surface area is 299 Å². The smallest absolute Gasteiger partial charge is 0.410 e. The van der Waals surface area contributed by atoms with Gasteiger partial charge in [0.1, 0.15) is 29.5 Å². The number of fused-ring (bicyclic) bond motifs is 1. The number of benzene rings is 1. The fourth-order valence-electron chi connectivity index (χ4n) is 6.97. The van der Waals surface area contributed by atoms with E-state index in [-0.39, 0.29) is 38.6 Å². The van der Waals surface area contributed by atoms with Gasteiger partial charge in [-0.15, -0.1) is 0 Å². The number of amides is 5. The first-order valence-electron chi connectivity index (χ1n) is 17.5. The van der Waals surface area contributed by atoms with Crippen LogP contribution in [-0.2, 0) is 47.0 Å². The maximum Gasteiger partial charge on any atom is 0.410 e. The highest BCUT2D eigenvalue weighted by molar-refractivity contribution is 7.91. The molecule has 52 heavy (non-hydrogen) atoms. The van der Waals surface area contributed by atoms with Crippen LogP contribution in [0.1, 0.15) is 76.8 Å². The van der Waals surface area contributed by atoms with Crippen molar-refractivity contribution in [1.29, 1.82) is 0 Å². The molecule has 4 fully saturated rings. The minimum absolute atomic E-state index is 0.0562. The Bertz CT molecular complexity index is 1730. The molecule has 1 saturated heterocycles. The standard InChI is InChI=1S/C34H44F3N5O9S/c1-33(2,3)26(38-31(46)50-17-18-6-4-7-18)29(44)42-15-20(51-32(47)41-14-19-8-5-9-24(35)22(19)16-41)12-25(42)28(43)39-34(13-23(34)27(36)37)30(45)40-52(48,49)21-10-11-21/h5,8-9,18,20-21,23,25-27H,4,6-7,10-17H2,1-3H3,(H,38,46)(H,39,43)(H,40,45)/t20-,23+,25?,26-,34+/m1/s1. The van der Waals surface area contributed by atoms with E-state index in [1.54, 1.807) is 26.8 Å². The topological polar surface area (TPSA) is 181 Å². The summed E-state index contributed by atoms with van der Waals surface area (Å²) in [7, 11) is -4.16. The summed E-state index contributed by atoms with van der Waals surface area (Å²) in [5.74, 6) is -5.08. The highest BCUT2D eigenvalue weighted by Gasteiger charge is 2.67. The van der Waals surface area contributed by atoms with E-state index >= 15 is 0 Å². The van der Waals surface area contributed by atoms with Gasteiger partial charge in [-0.25, -0.2) is 31.2 Å². The van der Waals surface area contributed by atoms with Crippen molar-refractivity contribution in [3.63, 3.8) is 0 Å². The van der Waals surface area contributed by atoms with Crippen LogP contribution in [-0.4, -0.2) is 96.7 Å². The second-order valence-electron chi connectivity index (χ2n) is 15.6. The molecule has 3 aliphatic carbocycles. The summed E-state index contributed by atoms with van der Waals surface area (Å²) >= 11 is 0. The molecule has 0 radical (unpaired) electrons. The highest BCUT2D eigenvalue weighted by atomic mass is 32.2. The van der Waals surface area contributed by atoms with Gasteiger partial charge in [-0.1, -0.05) is 39.3 Å². The molecular weight excluding hydrogens is 711 g/mol. The number of sulfonamides is 1. The van der Waals surface area contributed by atoms with E-state index in [2.05, 4.69) is 10.6 Å². The summed E-state index contributed by atoms with van der Waals surface area (Å²) < 4.78 is 80.4. The average Bonchev–Trinajstić information content (AvgIpc) is 3.93. The Morgan fingerprint density at radius 3 is 2.35 bits per heavy atom. The normalized spacial score (nSPS) is 26.2. The predicted molar refractivity (Wildman–Crippen MR) is 176 cm³/mol. The first-order valence-corrected chi connectivity index (χ1v) is 19.1. The average molecular weight is 756 g/mol. The summed E-state index contributed by atoms with van der Waals surface area (Å²) in [6.45, 7) is 4.82. The van der Waals surface area contributed by atoms with Crippen molar-refractivity contribution in [2.24, 2.45) is 17.3 Å². The van der Waals surface area contributed by atoms with Crippen molar-refractivity contribution < 1.29 is 55.0 Å². The number of likely N-dealkylation sites (tertiary alicyclic amines) is 1. The van der Waals surface area contributed by atoms with Crippen LogP contribution >= 0.6 is 0 Å². The molecule has 18 heteroatoms. The minimum Gasteiger partial charge on any atom is -0.449 e. The number of nitrogens with one attached hydrogen (secondary N) is 3. The molecule has 3 saturated carbocycles. The van der Waals surface area contributed by atoms with Gasteiger partial charge in [0, 0.05) is 18.5 Å². The van der Waals surface area contributed by atoms with Crippen LogP contribution in [0, 0.1) is 23.1 Å². The van der Waals surface area contributed by atoms with Crippen molar-refractivity contribution in [1.82, 2.24) is 25.2 Å². The summed E-state index contributed by atoms with van der Waals surface area (Å²) in [5, 5.41) is 4.08. The number of nitrogens with zero attached hydrogens (tertiary/aromatic N) is 2. The highest BCUT2D eigenvalue weighted by Crippen LogP contribution is 2.48. The van der Waals surface area contributed by atoms with Gasteiger partial charge in [0.2, 0.25) is 28.3 Å². The summed E-state index contributed by atoms with van der Waals surface area (Å²) in [4.78, 5) is 70.0. The van der Waals surface area contributed by atoms with Crippen molar-refractivity contribution in [2.45, 2.75) is 114 Å². The third kappa shape index (κ3) is 7.81. The number of carbonyl (C=O) groups excluding carboxylic acids is 5. The number of halogens is 3. The number of alkyl carbamates (subject to hydrolysis) is 1. The lowest BCUT2D eigenvalue weighted by Crippen LogP contribution is -2.60. The quantitative estimate of drug-likeness (QED) is 0.306. The Balaban J connectivity index is 1.22. The fraction of sp³-hybridized carbons (Fsp3) is 0.676. The zero-order chi connectivity index (χ0) is 37.7. The third-order valence-electron chi connectivity index (χ3n) is 10.6. The largest absolute Gasteiger partial charge is 0.449 e. The molecule has 1 aromatic rings. The lowest BCUT2D eigenvalue weighted by molar-refractivity contribution is -0.143. The van der Waals surface area contributed by atoms with Crippen LogP contribution in [0.3, 0.4) is 0 Å². The second-order valence-corrected chi connectivity index (χ2v) is 17.6. The number of hydrogen-bond donors (Lipinski definition) is 3. The van der Waals surface area contributed by atoms with Crippen molar-refractivity contribution >= 4 is 39.9 Å². The van der Waals surface area contributed by atoms with E-state index in [1.807, 2.05) is 4.72 Å². The van der Waals surface area contributed by atoms with Gasteiger partial charge >= 0.3 is 12.2 Å². The van der Waals surface area contributed by atoms with Crippen molar-refractivity contribution in [3.8, 4) is 0 Å². The van der Waals surface area contributed by atoms with E-state index in [4.69, 9.17) is 9.47 Å². The van der Waals surface area contributed by atoms with E-state index in [0.717, 1.165) is 24.2 Å². The number of hydrogen-bond acceptors (Lipinski definition) is 9. The molecule has 5 amide bonds. The van der Waals surface area contributed by atoms with Gasteiger partial charge in [0.05, 0.1) is 30.9 Å². The molecule has 5 aliphatic rings. The molecule has 0 aromatic heterocycles. The molecule has 0 bridgehead atoms. The zero-order valence-corrected chi connectivity index (χ0v) is 30.0. The Hall–Kier alpha value is -4.09. The van der Waals surface area contributed by atoms with Gasteiger partial charge in [-0.3, -0.25) is 24.0 Å². The summed E-state index contributed by atoms with van der Waals surface area (Å²) in [5.41, 5.74) is -2.29. The maximum atomic E-state index is 14.4. The molecule has 286 valence electrons. The van der Waals surface area contributed by atoms with Gasteiger partial charge in [-0.2, -0.15) is 0 Å². The molecule has 1 unspecified atom stereocenters. The lowest BCUT2D eigenvalue weighted by atomic mass is 9.85. The monoisotopic (exact) mass is 755 g/mol. The number of alkyl halides is 2. The van der Waals surface area contributed by atoms with Crippen LogP contribution in [0.15, 0.2) is 18.2 Å². The number of ether oxygens (including phenoxy) is 2. The zero-order valence-electron chi connectivity index (χ0n) is 29.2. The fourth-order valence-corrected chi connectivity index (χ4v) is 8.33. The van der Waals surface area contributed by atoms with Crippen LogP contribution < -0.4 is 15.4 Å². The van der Waals surface area contributed by atoms with Crippen molar-refractivity contribution in [3.05, 3.63) is 35.1 Å². The van der Waals surface area contributed by atoms with Crippen LogP contribution in [0.25, 0.3) is 0 Å². The van der Waals surface area contributed by atoms with E-state index in [1.165, 1.54) is 17.0 Å². The van der Waals surface area contributed by atoms with E-state index in [9.17, 15) is 45.6 Å². The van der Waals surface area contributed by atoms with Crippen LogP contribution in [0.2, 0.25) is 0 Å². The van der Waals surface area contributed by atoms with Gasteiger partial charge in [-0.05, 0) is 55.1 Å². The first kappa shape index (κ1) is 37.7. The van der Waals surface area contributed by atoms with Gasteiger partial charge in [0.15, 0.2) is 0 Å². The van der Waals surface area contributed by atoms with Gasteiger partial charge < -0.3 is 25.0 Å². The number of rotatable bonds is 11. The minimum atomic E-state index is -4.16. The summed E-state index contributed by atoms with van der Waals surface area (Å²) in [6, 6.07) is 1.71. The SMILES string of the molecule is CC(C)(C)[C@H](NC(=O)OCC1CCC1)C(=O)N1C[C@H](OC(=O)N2Cc3cccc(F)c3C2)CC1C(=O)N[C@@]1(C(=O)NS(=O)(=O)C2CC2)C[C@H]1C(F)F. The maximum absolute atomic E-state index is 14.4. The molecule has 5 atom stereocenters. The molecule has 14 nitrogen and oxygen atoms in total. The third-order valence-corrected chi connectivity index (χ3v) is 12.4. The lowest BCUT2D eigenvalue weighted by Gasteiger charge is -2.35. The van der Waals surface area contributed by atoms with E-state index < -0.39 is 98.9 Å². The number of carbonyl (C=O) groups is 5. The molecule has 0 spiro atoms. The molecule has 6 rings (SSSR count). The molecular formula is C34H44F3N5O9S. The Morgan fingerprint density at radius 2 is 1.77 bits per heavy atom. The predicted octanol–water partition coefficient (Wildman–Crippen LogP) is 2.94. The molecule has 3 N–H and O–H groups in total. The van der Waals surface area contributed by atoms with E-state index in [0.29, 0.717) is 24.0 Å². The molecule has 1 aromatic carbocycles. The van der Waals surface area contributed by atoms with Crippen molar-refractivity contribution in [2.75, 3.05) is 13.2 Å². The summed E-state index contributed by atoms with van der Waals surface area (Å²) in [6.07, 6.45) is -3.31. The van der Waals surface area contributed by atoms with Crippen LogP contribution in [0.5, 0.6) is 0 Å².